The van der Waals surface area contributed by atoms with Crippen LogP contribution in [-0.4, -0.2) is 27.5 Å². The maximum absolute atomic E-state index is 12.4. The number of amides is 1. The van der Waals surface area contributed by atoms with Crippen molar-refractivity contribution in [3.63, 3.8) is 0 Å². The number of hydrogen-bond donors (Lipinski definition) is 3. The van der Waals surface area contributed by atoms with Gasteiger partial charge in [0, 0.05) is 29.4 Å². The van der Waals surface area contributed by atoms with E-state index in [9.17, 15) is 14.7 Å². The Bertz CT molecular complexity index is 964. The van der Waals surface area contributed by atoms with Gasteiger partial charge in [0.05, 0.1) is 0 Å². The molecule has 1 aliphatic carbocycles. The molecule has 0 aliphatic heterocycles. The molecule has 3 aromatic rings. The van der Waals surface area contributed by atoms with Crippen LogP contribution >= 0.6 is 0 Å². The van der Waals surface area contributed by atoms with Crippen molar-refractivity contribution < 1.29 is 14.7 Å². The van der Waals surface area contributed by atoms with E-state index in [1.54, 1.807) is 0 Å². The van der Waals surface area contributed by atoms with Gasteiger partial charge in [-0.05, 0) is 30.0 Å². The molecular formula is C21H20N2O3. The van der Waals surface area contributed by atoms with E-state index in [0.29, 0.717) is 12.8 Å². The van der Waals surface area contributed by atoms with Crippen LogP contribution in [0.15, 0.2) is 60.8 Å². The van der Waals surface area contributed by atoms with Crippen LogP contribution in [0.3, 0.4) is 0 Å². The molecule has 0 saturated heterocycles. The number of rotatable bonds is 6. The molecule has 1 saturated carbocycles. The third-order valence-electron chi connectivity index (χ3n) is 5.19. The molecular weight excluding hydrogens is 328 g/mol. The molecule has 1 heterocycles. The Morgan fingerprint density at radius 3 is 2.62 bits per heavy atom. The molecule has 0 spiro atoms. The maximum Gasteiger partial charge on any atom is 0.330 e. The van der Waals surface area contributed by atoms with Gasteiger partial charge >= 0.3 is 5.97 Å². The Labute approximate surface area is 151 Å². The standard InChI is InChI=1S/C21H20N2O3/c24-19(11-10-14-6-2-1-3-7-14)23-21(20(25)26)12-17(21)16-13-22-18-9-5-4-8-15(16)18/h1-9,13,17,22H,10-12H2,(H,23,24)(H,25,26). The Balaban J connectivity index is 1.48. The predicted octanol–water partition coefficient (Wildman–Crippen LogP) is 3.23. The highest BCUT2D eigenvalue weighted by Crippen LogP contribution is 2.53. The summed E-state index contributed by atoms with van der Waals surface area (Å²) in [5.74, 6) is -1.41. The van der Waals surface area contributed by atoms with Crippen LogP contribution in [0.1, 0.15) is 29.9 Å². The first-order valence-electron chi connectivity index (χ1n) is 8.74. The molecule has 1 amide bonds. The zero-order valence-electron chi connectivity index (χ0n) is 14.2. The van der Waals surface area contributed by atoms with Crippen LogP contribution in [0.5, 0.6) is 0 Å². The summed E-state index contributed by atoms with van der Waals surface area (Å²) in [5.41, 5.74) is 1.80. The number of aromatic amines is 1. The Morgan fingerprint density at radius 1 is 1.12 bits per heavy atom. The van der Waals surface area contributed by atoms with E-state index < -0.39 is 11.5 Å². The zero-order chi connectivity index (χ0) is 18.1. The zero-order valence-corrected chi connectivity index (χ0v) is 14.2. The summed E-state index contributed by atoms with van der Waals surface area (Å²) in [6, 6.07) is 17.5. The first-order valence-corrected chi connectivity index (χ1v) is 8.74. The van der Waals surface area contributed by atoms with Crippen molar-refractivity contribution in [1.82, 2.24) is 10.3 Å². The lowest BCUT2D eigenvalue weighted by atomic mass is 10.0. The van der Waals surface area contributed by atoms with Gasteiger partial charge in [0.2, 0.25) is 5.91 Å². The average molecular weight is 348 g/mol. The molecule has 3 N–H and O–H groups in total. The fourth-order valence-corrected chi connectivity index (χ4v) is 3.66. The van der Waals surface area contributed by atoms with E-state index in [4.69, 9.17) is 0 Å². The summed E-state index contributed by atoms with van der Waals surface area (Å²) in [6.45, 7) is 0. The lowest BCUT2D eigenvalue weighted by Crippen LogP contribution is -2.44. The lowest BCUT2D eigenvalue weighted by Gasteiger charge is -2.15. The first kappa shape index (κ1) is 16.4. The largest absolute Gasteiger partial charge is 0.479 e. The van der Waals surface area contributed by atoms with E-state index in [2.05, 4.69) is 10.3 Å². The molecule has 5 nitrogen and oxygen atoms in total. The molecule has 5 heteroatoms. The first-order chi connectivity index (χ1) is 12.6. The summed E-state index contributed by atoms with van der Waals surface area (Å²) in [6.07, 6.45) is 3.15. The maximum atomic E-state index is 12.4. The minimum atomic E-state index is -1.20. The fourth-order valence-electron chi connectivity index (χ4n) is 3.66. The molecule has 4 rings (SSSR count). The minimum absolute atomic E-state index is 0.211. The summed E-state index contributed by atoms with van der Waals surface area (Å²) in [7, 11) is 0. The number of para-hydroxylation sites is 1. The quantitative estimate of drug-likeness (QED) is 0.640. The molecule has 1 aliphatic rings. The smallest absolute Gasteiger partial charge is 0.330 e. The topological polar surface area (TPSA) is 82.2 Å². The molecule has 0 bridgehead atoms. The Hall–Kier alpha value is -3.08. The minimum Gasteiger partial charge on any atom is -0.479 e. The van der Waals surface area contributed by atoms with Crippen LogP contribution < -0.4 is 5.32 Å². The normalized spacial score (nSPS) is 21.5. The molecule has 2 aromatic carbocycles. The van der Waals surface area contributed by atoms with Crippen molar-refractivity contribution in [3.05, 3.63) is 71.9 Å². The van der Waals surface area contributed by atoms with Crippen LogP contribution in [0.25, 0.3) is 10.9 Å². The number of carboxylic acids is 1. The molecule has 132 valence electrons. The monoisotopic (exact) mass is 348 g/mol. The van der Waals surface area contributed by atoms with Gasteiger partial charge in [0.1, 0.15) is 5.54 Å². The highest BCUT2D eigenvalue weighted by atomic mass is 16.4. The van der Waals surface area contributed by atoms with Crippen LogP contribution in [-0.2, 0) is 16.0 Å². The van der Waals surface area contributed by atoms with Gasteiger partial charge in [-0.15, -0.1) is 0 Å². The second-order valence-corrected chi connectivity index (χ2v) is 6.86. The Kier molecular flexibility index (Phi) is 3.99. The number of H-pyrrole nitrogens is 1. The van der Waals surface area contributed by atoms with Crippen molar-refractivity contribution in [3.8, 4) is 0 Å². The number of aryl methyl sites for hydroxylation is 1. The average Bonchev–Trinajstić information content (AvgIpc) is 3.22. The van der Waals surface area contributed by atoms with Gasteiger partial charge in [0.15, 0.2) is 0 Å². The van der Waals surface area contributed by atoms with Gasteiger partial charge in [-0.2, -0.15) is 0 Å². The van der Waals surface area contributed by atoms with Gasteiger partial charge in [-0.1, -0.05) is 48.5 Å². The van der Waals surface area contributed by atoms with Crippen LogP contribution in [0.4, 0.5) is 0 Å². The number of carboxylic acid groups (broad SMARTS) is 1. The van der Waals surface area contributed by atoms with Gasteiger partial charge < -0.3 is 15.4 Å². The molecule has 1 fully saturated rings. The summed E-state index contributed by atoms with van der Waals surface area (Å²) >= 11 is 0. The molecule has 2 unspecified atom stereocenters. The Morgan fingerprint density at radius 2 is 1.85 bits per heavy atom. The summed E-state index contributed by atoms with van der Waals surface area (Å²) in [4.78, 5) is 27.5. The van der Waals surface area contributed by atoms with E-state index in [1.165, 1.54) is 0 Å². The fraction of sp³-hybridized carbons (Fsp3) is 0.238. The second-order valence-electron chi connectivity index (χ2n) is 6.86. The number of carbonyl (C=O) groups excluding carboxylic acids is 1. The number of benzene rings is 2. The van der Waals surface area contributed by atoms with Gasteiger partial charge in [-0.3, -0.25) is 4.79 Å². The summed E-state index contributed by atoms with van der Waals surface area (Å²) in [5, 5.41) is 13.6. The van der Waals surface area contributed by atoms with Crippen molar-refractivity contribution >= 4 is 22.8 Å². The SMILES string of the molecule is O=C(CCc1ccccc1)NC1(C(=O)O)CC1c1c[nH]c2ccccc12. The number of hydrogen-bond acceptors (Lipinski definition) is 2. The van der Waals surface area contributed by atoms with E-state index in [-0.39, 0.29) is 18.2 Å². The third-order valence-corrected chi connectivity index (χ3v) is 5.19. The highest BCUT2D eigenvalue weighted by molar-refractivity contribution is 5.94. The molecule has 26 heavy (non-hydrogen) atoms. The van der Waals surface area contributed by atoms with E-state index >= 15 is 0 Å². The lowest BCUT2D eigenvalue weighted by molar-refractivity contribution is -0.143. The van der Waals surface area contributed by atoms with Crippen molar-refractivity contribution in [1.29, 1.82) is 0 Å². The molecule has 0 radical (unpaired) electrons. The number of aliphatic carboxylic acids is 1. The van der Waals surface area contributed by atoms with Crippen LogP contribution in [0, 0.1) is 0 Å². The van der Waals surface area contributed by atoms with Crippen molar-refractivity contribution in [2.24, 2.45) is 0 Å². The summed E-state index contributed by atoms with van der Waals surface area (Å²) < 4.78 is 0. The molecule has 2 atom stereocenters. The number of fused-ring (bicyclic) bond motifs is 1. The predicted molar refractivity (Wildman–Crippen MR) is 98.9 cm³/mol. The molecule has 1 aromatic heterocycles. The second kappa shape index (κ2) is 6.33. The number of aromatic nitrogens is 1. The van der Waals surface area contributed by atoms with Crippen molar-refractivity contribution in [2.45, 2.75) is 30.7 Å². The number of carbonyl (C=O) groups is 2. The van der Waals surface area contributed by atoms with E-state index in [0.717, 1.165) is 22.0 Å². The van der Waals surface area contributed by atoms with Crippen molar-refractivity contribution in [2.75, 3.05) is 0 Å². The number of nitrogens with one attached hydrogen (secondary N) is 2. The third kappa shape index (κ3) is 2.86. The van der Waals surface area contributed by atoms with Gasteiger partial charge in [0.25, 0.3) is 0 Å². The highest BCUT2D eigenvalue weighted by Gasteiger charge is 2.62. The van der Waals surface area contributed by atoms with Gasteiger partial charge in [-0.25, -0.2) is 4.79 Å². The van der Waals surface area contributed by atoms with Crippen LogP contribution in [0.2, 0.25) is 0 Å². The van der Waals surface area contributed by atoms with E-state index in [1.807, 2.05) is 60.8 Å².